The van der Waals surface area contributed by atoms with Crippen LogP contribution in [0.15, 0.2) is 30.3 Å². The molecule has 2 heteroatoms. The summed E-state index contributed by atoms with van der Waals surface area (Å²) in [5.41, 5.74) is 1.26. The first-order valence-corrected chi connectivity index (χ1v) is 5.27. The van der Waals surface area contributed by atoms with E-state index in [2.05, 4.69) is 24.4 Å². The molecule has 0 radical (unpaired) electrons. The van der Waals surface area contributed by atoms with Crippen molar-refractivity contribution >= 4 is 0 Å². The van der Waals surface area contributed by atoms with E-state index in [1.165, 1.54) is 5.56 Å². The minimum absolute atomic E-state index is 0.232. The van der Waals surface area contributed by atoms with E-state index in [1.807, 2.05) is 18.2 Å². The number of aliphatic hydroxyl groups excluding tert-OH is 1. The molecule has 14 heavy (non-hydrogen) atoms. The predicted molar refractivity (Wildman–Crippen MR) is 59.2 cm³/mol. The lowest BCUT2D eigenvalue weighted by Crippen LogP contribution is -2.22. The minimum Gasteiger partial charge on any atom is -0.396 e. The Hall–Kier alpha value is -0.860. The molecule has 0 spiro atoms. The van der Waals surface area contributed by atoms with Gasteiger partial charge in [-0.05, 0) is 24.9 Å². The van der Waals surface area contributed by atoms with Crippen molar-refractivity contribution in [2.75, 3.05) is 13.2 Å². The molecule has 0 saturated carbocycles. The third-order valence-electron chi connectivity index (χ3n) is 2.26. The van der Waals surface area contributed by atoms with E-state index >= 15 is 0 Å². The summed E-state index contributed by atoms with van der Waals surface area (Å²) in [6, 6.07) is 10.6. The molecule has 0 saturated heterocycles. The van der Waals surface area contributed by atoms with Gasteiger partial charge in [0.2, 0.25) is 0 Å². The van der Waals surface area contributed by atoms with Crippen molar-refractivity contribution in [2.45, 2.75) is 25.8 Å². The zero-order chi connectivity index (χ0) is 10.2. The maximum atomic E-state index is 8.96. The van der Waals surface area contributed by atoms with Crippen molar-refractivity contribution in [1.82, 2.24) is 5.32 Å². The van der Waals surface area contributed by atoms with E-state index in [-0.39, 0.29) is 6.61 Å². The van der Waals surface area contributed by atoms with Gasteiger partial charge in [-0.2, -0.15) is 0 Å². The Morgan fingerprint density at radius 3 is 2.57 bits per heavy atom. The summed E-state index contributed by atoms with van der Waals surface area (Å²) < 4.78 is 0. The molecule has 0 fully saturated rings. The van der Waals surface area contributed by atoms with Crippen molar-refractivity contribution in [1.29, 1.82) is 0 Å². The van der Waals surface area contributed by atoms with Gasteiger partial charge >= 0.3 is 0 Å². The minimum atomic E-state index is 0.232. The number of hydrogen-bond acceptors (Lipinski definition) is 2. The summed E-state index contributed by atoms with van der Waals surface area (Å²) in [4.78, 5) is 0. The summed E-state index contributed by atoms with van der Waals surface area (Å²) in [6.45, 7) is 3.38. The number of benzene rings is 1. The average Bonchev–Trinajstić information content (AvgIpc) is 2.25. The Balaban J connectivity index is 2.58. The zero-order valence-corrected chi connectivity index (χ0v) is 8.74. The van der Waals surface area contributed by atoms with Gasteiger partial charge < -0.3 is 10.4 Å². The zero-order valence-electron chi connectivity index (χ0n) is 8.74. The first-order chi connectivity index (χ1) is 6.88. The molecule has 2 N–H and O–H groups in total. The van der Waals surface area contributed by atoms with Gasteiger partial charge in [-0.25, -0.2) is 0 Å². The molecular weight excluding hydrogens is 174 g/mol. The van der Waals surface area contributed by atoms with Gasteiger partial charge in [0.1, 0.15) is 0 Å². The molecule has 0 amide bonds. The molecule has 1 atom stereocenters. The number of aliphatic hydroxyl groups is 1. The monoisotopic (exact) mass is 193 g/mol. The van der Waals surface area contributed by atoms with Gasteiger partial charge in [0.15, 0.2) is 0 Å². The number of nitrogens with one attached hydrogen (secondary N) is 1. The van der Waals surface area contributed by atoms with Crippen LogP contribution in [0.3, 0.4) is 0 Å². The van der Waals surface area contributed by atoms with Gasteiger partial charge in [-0.15, -0.1) is 0 Å². The smallest absolute Gasteiger partial charge is 0.0449 e. The van der Waals surface area contributed by atoms with Crippen LogP contribution in [0.5, 0.6) is 0 Å². The predicted octanol–water partition coefficient (Wildman–Crippen LogP) is 2.11. The second kappa shape index (κ2) is 6.57. The lowest BCUT2D eigenvalue weighted by Gasteiger charge is -2.17. The van der Waals surface area contributed by atoms with Crippen LogP contribution in [0.2, 0.25) is 0 Å². The quantitative estimate of drug-likeness (QED) is 0.725. The van der Waals surface area contributed by atoms with E-state index in [9.17, 15) is 0 Å². The molecule has 0 bridgehead atoms. The average molecular weight is 193 g/mol. The highest BCUT2D eigenvalue weighted by Gasteiger charge is 2.08. The Kier molecular flexibility index (Phi) is 5.27. The molecule has 0 aliphatic carbocycles. The van der Waals surface area contributed by atoms with Gasteiger partial charge in [0.25, 0.3) is 0 Å². The van der Waals surface area contributed by atoms with Crippen molar-refractivity contribution < 1.29 is 5.11 Å². The summed E-state index contributed by atoms with van der Waals surface area (Å²) in [6.07, 6.45) is 1.90. The van der Waals surface area contributed by atoms with Crippen LogP contribution in [0.4, 0.5) is 0 Å². The molecular formula is C12H19NO. The highest BCUT2D eigenvalue weighted by atomic mass is 16.3. The standard InChI is InChI=1S/C12H19NO/c1-2-9-13-12(8-10-14)11-6-4-3-5-7-11/h3-7,12-14H,2,8-10H2,1H3. The van der Waals surface area contributed by atoms with Gasteiger partial charge in [-0.1, -0.05) is 37.3 Å². The highest BCUT2D eigenvalue weighted by molar-refractivity contribution is 5.18. The second-order valence-corrected chi connectivity index (χ2v) is 3.43. The van der Waals surface area contributed by atoms with Crippen LogP contribution in [0.1, 0.15) is 31.4 Å². The third kappa shape index (κ3) is 3.48. The highest BCUT2D eigenvalue weighted by Crippen LogP contribution is 2.15. The van der Waals surface area contributed by atoms with Crippen LogP contribution < -0.4 is 5.32 Å². The van der Waals surface area contributed by atoms with Gasteiger partial charge in [0.05, 0.1) is 0 Å². The molecule has 2 nitrogen and oxygen atoms in total. The molecule has 1 aromatic carbocycles. The van der Waals surface area contributed by atoms with Crippen molar-refractivity contribution in [3.05, 3.63) is 35.9 Å². The fraction of sp³-hybridized carbons (Fsp3) is 0.500. The van der Waals surface area contributed by atoms with Crippen molar-refractivity contribution in [2.24, 2.45) is 0 Å². The summed E-state index contributed by atoms with van der Waals surface area (Å²) in [5, 5.41) is 12.4. The number of rotatable bonds is 6. The molecule has 1 unspecified atom stereocenters. The van der Waals surface area contributed by atoms with Crippen LogP contribution in [-0.2, 0) is 0 Å². The summed E-state index contributed by atoms with van der Waals surface area (Å²) in [5.74, 6) is 0. The maximum Gasteiger partial charge on any atom is 0.0449 e. The van der Waals surface area contributed by atoms with E-state index < -0.39 is 0 Å². The second-order valence-electron chi connectivity index (χ2n) is 3.43. The van der Waals surface area contributed by atoms with Gasteiger partial charge in [-0.3, -0.25) is 0 Å². The molecule has 78 valence electrons. The van der Waals surface area contributed by atoms with E-state index in [0.717, 1.165) is 19.4 Å². The van der Waals surface area contributed by atoms with Crippen LogP contribution in [0, 0.1) is 0 Å². The van der Waals surface area contributed by atoms with Crippen molar-refractivity contribution in [3.8, 4) is 0 Å². The molecule has 0 aliphatic rings. The largest absolute Gasteiger partial charge is 0.396 e. The fourth-order valence-corrected chi connectivity index (χ4v) is 1.52. The van der Waals surface area contributed by atoms with E-state index in [4.69, 9.17) is 5.11 Å². The molecule has 1 aromatic rings. The van der Waals surface area contributed by atoms with Crippen LogP contribution in [0.25, 0.3) is 0 Å². The molecule has 0 heterocycles. The Morgan fingerprint density at radius 2 is 2.00 bits per heavy atom. The number of hydrogen-bond donors (Lipinski definition) is 2. The molecule has 0 aliphatic heterocycles. The lowest BCUT2D eigenvalue weighted by molar-refractivity contribution is 0.265. The van der Waals surface area contributed by atoms with E-state index in [1.54, 1.807) is 0 Å². The summed E-state index contributed by atoms with van der Waals surface area (Å²) >= 11 is 0. The Labute approximate surface area is 86.0 Å². The molecule has 1 rings (SSSR count). The first kappa shape index (κ1) is 11.2. The van der Waals surface area contributed by atoms with Gasteiger partial charge in [0, 0.05) is 12.6 Å². The Bertz CT molecular complexity index is 235. The lowest BCUT2D eigenvalue weighted by atomic mass is 10.0. The third-order valence-corrected chi connectivity index (χ3v) is 2.26. The topological polar surface area (TPSA) is 32.3 Å². The SMILES string of the molecule is CCCNC(CCO)c1ccccc1. The molecule has 0 aromatic heterocycles. The fourth-order valence-electron chi connectivity index (χ4n) is 1.52. The Morgan fingerprint density at radius 1 is 1.29 bits per heavy atom. The normalized spacial score (nSPS) is 12.7. The first-order valence-electron chi connectivity index (χ1n) is 5.27. The maximum absolute atomic E-state index is 8.96. The van der Waals surface area contributed by atoms with Crippen LogP contribution in [-0.4, -0.2) is 18.3 Å². The van der Waals surface area contributed by atoms with Crippen molar-refractivity contribution in [3.63, 3.8) is 0 Å². The van der Waals surface area contributed by atoms with E-state index in [0.29, 0.717) is 6.04 Å². The van der Waals surface area contributed by atoms with Crippen LogP contribution >= 0.6 is 0 Å². The summed E-state index contributed by atoms with van der Waals surface area (Å²) in [7, 11) is 0.